The van der Waals surface area contributed by atoms with Gasteiger partial charge in [0.05, 0.1) is 4.92 Å². The van der Waals surface area contributed by atoms with E-state index in [9.17, 15) is 14.9 Å². The molecule has 1 aromatic rings. The maximum Gasteiger partial charge on any atom is 0.287 e. The number of carbonyl (C=O) groups is 1. The average molecular weight is 463 g/mol. The predicted molar refractivity (Wildman–Crippen MR) is 113 cm³/mol. The number of nitro groups is 1. The number of anilines is 1. The first-order chi connectivity index (χ1) is 13.8. The Kier molecular flexibility index (Phi) is 4.60. The van der Waals surface area contributed by atoms with Gasteiger partial charge in [-0.1, -0.05) is 15.9 Å². The van der Waals surface area contributed by atoms with E-state index < -0.39 is 4.92 Å². The first-order valence-corrected chi connectivity index (χ1v) is 11.4. The highest BCUT2D eigenvalue weighted by Crippen LogP contribution is 2.65. The fraction of sp³-hybridized carbons (Fsp3) is 0.714. The van der Waals surface area contributed by atoms with Crippen LogP contribution in [0.4, 0.5) is 11.5 Å². The highest BCUT2D eigenvalue weighted by atomic mass is 79.9. The standard InChI is InChI=1S/C21H27BrN4O3/c22-21-10-15-7-16(11-21)9-20(8-15,14-21)12-19(27)25-5-3-24(4-6-25)18-2-1-17(13-23-18)26(28)29/h1-2,13,15-16H,3-12,14H2. The summed E-state index contributed by atoms with van der Waals surface area (Å²) in [7, 11) is 0. The van der Waals surface area contributed by atoms with Crippen LogP contribution in [0, 0.1) is 27.4 Å². The second kappa shape index (κ2) is 6.93. The Labute approximate surface area is 179 Å². The third-order valence-electron chi connectivity index (χ3n) is 7.54. The van der Waals surface area contributed by atoms with E-state index in [2.05, 4.69) is 25.8 Å². The van der Waals surface area contributed by atoms with Crippen molar-refractivity contribution in [3.05, 3.63) is 28.4 Å². The minimum Gasteiger partial charge on any atom is -0.353 e. The number of aromatic nitrogens is 1. The molecule has 2 unspecified atom stereocenters. The van der Waals surface area contributed by atoms with E-state index in [0.29, 0.717) is 25.4 Å². The van der Waals surface area contributed by atoms with Crippen molar-refractivity contribution in [2.24, 2.45) is 17.3 Å². The molecule has 6 rings (SSSR count). The van der Waals surface area contributed by atoms with Crippen molar-refractivity contribution in [3.63, 3.8) is 0 Å². The van der Waals surface area contributed by atoms with Gasteiger partial charge in [-0.05, 0) is 61.8 Å². The van der Waals surface area contributed by atoms with Crippen molar-refractivity contribution in [2.75, 3.05) is 31.1 Å². The van der Waals surface area contributed by atoms with Crippen LogP contribution < -0.4 is 4.90 Å². The number of halogens is 1. The van der Waals surface area contributed by atoms with Crippen LogP contribution in [0.15, 0.2) is 18.3 Å². The third-order valence-corrected chi connectivity index (χ3v) is 8.46. The molecule has 0 aromatic carbocycles. The van der Waals surface area contributed by atoms with Crippen LogP contribution >= 0.6 is 15.9 Å². The molecule has 8 heteroatoms. The Bertz CT molecular complexity index is 808. The van der Waals surface area contributed by atoms with Crippen molar-refractivity contribution >= 4 is 33.3 Å². The number of hydrogen-bond acceptors (Lipinski definition) is 5. The fourth-order valence-corrected chi connectivity index (χ4v) is 8.34. The summed E-state index contributed by atoms with van der Waals surface area (Å²) in [6, 6.07) is 3.18. The molecule has 5 fully saturated rings. The number of alkyl halides is 1. The molecular weight excluding hydrogens is 436 g/mol. The monoisotopic (exact) mass is 462 g/mol. The van der Waals surface area contributed by atoms with E-state index >= 15 is 0 Å². The Hall–Kier alpha value is -1.70. The first-order valence-electron chi connectivity index (χ1n) is 10.7. The molecule has 29 heavy (non-hydrogen) atoms. The molecule has 4 bridgehead atoms. The summed E-state index contributed by atoms with van der Waals surface area (Å²) in [5.41, 5.74) is 0.213. The highest BCUT2D eigenvalue weighted by Gasteiger charge is 2.57. The summed E-state index contributed by atoms with van der Waals surface area (Å²) in [6.07, 6.45) is 9.57. The second-order valence-corrected chi connectivity index (χ2v) is 11.5. The van der Waals surface area contributed by atoms with Crippen LogP contribution in [0.5, 0.6) is 0 Å². The summed E-state index contributed by atoms with van der Waals surface area (Å²) in [5.74, 6) is 2.64. The van der Waals surface area contributed by atoms with Gasteiger partial charge in [0.2, 0.25) is 5.91 Å². The summed E-state index contributed by atoms with van der Waals surface area (Å²) in [4.78, 5) is 31.9. The van der Waals surface area contributed by atoms with E-state index in [1.807, 2.05) is 4.90 Å². The van der Waals surface area contributed by atoms with Crippen LogP contribution in [0.3, 0.4) is 0 Å². The number of nitrogens with zero attached hydrogens (tertiary/aromatic N) is 4. The zero-order valence-electron chi connectivity index (χ0n) is 16.6. The molecule has 1 amide bonds. The lowest BCUT2D eigenvalue weighted by Gasteiger charge is -2.60. The quantitative estimate of drug-likeness (QED) is 0.386. The van der Waals surface area contributed by atoms with Crippen molar-refractivity contribution in [3.8, 4) is 0 Å². The van der Waals surface area contributed by atoms with Gasteiger partial charge in [-0.25, -0.2) is 4.98 Å². The summed E-state index contributed by atoms with van der Waals surface area (Å²) in [5, 5.41) is 10.8. The molecule has 156 valence electrons. The second-order valence-electron chi connectivity index (χ2n) is 9.79. The van der Waals surface area contributed by atoms with Crippen LogP contribution in [0.1, 0.15) is 44.9 Å². The normalized spacial score (nSPS) is 35.8. The van der Waals surface area contributed by atoms with Gasteiger partial charge < -0.3 is 9.80 Å². The Morgan fingerprint density at radius 1 is 1.17 bits per heavy atom. The SMILES string of the molecule is O=C(CC12CC3CC(CC(Br)(C3)C1)C2)N1CCN(c2ccc([N+](=O)[O-])cn2)CC1. The van der Waals surface area contributed by atoms with E-state index in [1.165, 1.54) is 44.4 Å². The van der Waals surface area contributed by atoms with E-state index in [-0.39, 0.29) is 15.4 Å². The lowest BCUT2D eigenvalue weighted by atomic mass is 9.48. The molecule has 2 atom stereocenters. The first kappa shape index (κ1) is 19.3. The van der Waals surface area contributed by atoms with Crippen molar-refractivity contribution < 1.29 is 9.72 Å². The minimum absolute atomic E-state index is 0.00250. The number of amides is 1. The predicted octanol–water partition coefficient (Wildman–Crippen LogP) is 3.76. The van der Waals surface area contributed by atoms with Gasteiger partial charge in [0.1, 0.15) is 12.0 Å². The molecule has 1 saturated heterocycles. The van der Waals surface area contributed by atoms with Crippen molar-refractivity contribution in [2.45, 2.75) is 49.3 Å². The lowest BCUT2D eigenvalue weighted by molar-refractivity contribution is -0.385. The molecule has 0 spiro atoms. The number of pyridine rings is 1. The Morgan fingerprint density at radius 3 is 2.41 bits per heavy atom. The summed E-state index contributed by atoms with van der Waals surface area (Å²) >= 11 is 4.05. The lowest BCUT2D eigenvalue weighted by Crippen LogP contribution is -2.55. The van der Waals surface area contributed by atoms with Crippen LogP contribution in [0.2, 0.25) is 0 Å². The zero-order chi connectivity index (χ0) is 20.2. The molecule has 0 radical (unpaired) electrons. The fourth-order valence-electron chi connectivity index (χ4n) is 6.83. The van der Waals surface area contributed by atoms with Gasteiger partial charge in [-0.15, -0.1) is 0 Å². The van der Waals surface area contributed by atoms with Crippen LogP contribution in [-0.2, 0) is 4.79 Å². The molecule has 2 heterocycles. The number of hydrogen-bond donors (Lipinski definition) is 0. The smallest absolute Gasteiger partial charge is 0.287 e. The zero-order valence-corrected chi connectivity index (χ0v) is 18.1. The summed E-state index contributed by atoms with van der Waals surface area (Å²) in [6.45, 7) is 2.83. The van der Waals surface area contributed by atoms with Crippen molar-refractivity contribution in [1.29, 1.82) is 0 Å². The number of rotatable bonds is 4. The molecule has 4 saturated carbocycles. The molecule has 0 N–H and O–H groups in total. The molecule has 1 aromatic heterocycles. The average Bonchev–Trinajstić information content (AvgIpc) is 2.66. The molecule has 1 aliphatic heterocycles. The summed E-state index contributed by atoms with van der Waals surface area (Å²) < 4.78 is 0.289. The third kappa shape index (κ3) is 3.64. The Balaban J connectivity index is 1.19. The van der Waals surface area contributed by atoms with Gasteiger partial charge >= 0.3 is 0 Å². The van der Waals surface area contributed by atoms with E-state index in [1.54, 1.807) is 6.07 Å². The number of piperazine rings is 1. The molecule has 4 aliphatic carbocycles. The number of carbonyl (C=O) groups excluding carboxylic acids is 1. The van der Waals surface area contributed by atoms with E-state index in [4.69, 9.17) is 0 Å². The van der Waals surface area contributed by atoms with Crippen LogP contribution in [0.25, 0.3) is 0 Å². The molecule has 5 aliphatic rings. The minimum atomic E-state index is -0.436. The van der Waals surface area contributed by atoms with Crippen LogP contribution in [-0.4, -0.2) is 51.2 Å². The van der Waals surface area contributed by atoms with E-state index in [0.717, 1.165) is 37.2 Å². The molecule has 7 nitrogen and oxygen atoms in total. The topological polar surface area (TPSA) is 79.6 Å². The Morgan fingerprint density at radius 2 is 1.86 bits per heavy atom. The largest absolute Gasteiger partial charge is 0.353 e. The van der Waals surface area contributed by atoms with Gasteiger partial charge in [-0.3, -0.25) is 14.9 Å². The molecular formula is C21H27BrN4O3. The van der Waals surface area contributed by atoms with Gasteiger partial charge in [-0.2, -0.15) is 0 Å². The highest BCUT2D eigenvalue weighted by molar-refractivity contribution is 9.10. The van der Waals surface area contributed by atoms with Crippen molar-refractivity contribution in [1.82, 2.24) is 9.88 Å². The van der Waals surface area contributed by atoms with Gasteiger partial charge in [0, 0.05) is 43.0 Å². The maximum absolute atomic E-state index is 13.2. The van der Waals surface area contributed by atoms with Gasteiger partial charge in [0.25, 0.3) is 5.69 Å². The maximum atomic E-state index is 13.2. The van der Waals surface area contributed by atoms with Gasteiger partial charge in [0.15, 0.2) is 0 Å².